The molecule has 1 unspecified atom stereocenters. The average Bonchev–Trinajstić information content (AvgIpc) is 2.85. The zero-order valence-corrected chi connectivity index (χ0v) is 19.3. The number of aliphatic carboxylic acids is 1. The van der Waals surface area contributed by atoms with E-state index >= 15 is 0 Å². The minimum atomic E-state index is -4.39. The molecule has 0 fully saturated rings. The number of nitrogens with zero attached hydrogens (tertiary/aromatic N) is 1. The fraction of sp³-hybridized carbons (Fsp3) is 0.600. The smallest absolute Gasteiger partial charge is 0.303 e. The summed E-state index contributed by atoms with van der Waals surface area (Å²) in [7, 11) is -8.69. The normalized spacial score (nSPS) is 19.0. The van der Waals surface area contributed by atoms with Crippen LogP contribution in [0.4, 0.5) is 5.69 Å². The van der Waals surface area contributed by atoms with Gasteiger partial charge in [0, 0.05) is 37.1 Å². The van der Waals surface area contributed by atoms with E-state index in [4.69, 9.17) is 5.11 Å². The summed E-state index contributed by atoms with van der Waals surface area (Å²) in [6, 6.07) is 4.43. The molecular weight excluding hydrogens is 446 g/mol. The number of unbranched alkanes of at least 4 members (excludes halogenated alkanes) is 3. The molecule has 0 aromatic heterocycles. The Morgan fingerprint density at radius 1 is 1.10 bits per heavy atom. The Morgan fingerprint density at radius 3 is 2.35 bits per heavy atom. The molecule has 0 aliphatic carbocycles. The first-order chi connectivity index (χ1) is 14.3. The van der Waals surface area contributed by atoms with Crippen LogP contribution in [0.25, 0.3) is 0 Å². The summed E-state index contributed by atoms with van der Waals surface area (Å²) in [5.74, 6) is -1.28. The van der Waals surface area contributed by atoms with Crippen LogP contribution in [0, 0.1) is 0 Å². The first-order valence-corrected chi connectivity index (χ1v) is 13.2. The van der Waals surface area contributed by atoms with Gasteiger partial charge in [0.25, 0.3) is 10.1 Å². The van der Waals surface area contributed by atoms with Crippen molar-refractivity contribution in [2.24, 2.45) is 0 Å². The first-order valence-electron chi connectivity index (χ1n) is 10.1. The van der Waals surface area contributed by atoms with Crippen molar-refractivity contribution < 1.29 is 40.4 Å². The SMILES string of the molecule is CC1=[N+](CCCCCC(=O)O)c2ccc(S(=O)(=O)O)cc2C1(C)CCCCS(=O)(=O)[O-]. The number of fused-ring (bicyclic) bond motifs is 1. The lowest BCUT2D eigenvalue weighted by Crippen LogP contribution is -2.30. The topological polar surface area (TPSA) is 152 Å². The molecule has 1 aromatic carbocycles. The van der Waals surface area contributed by atoms with Crippen molar-refractivity contribution in [1.29, 1.82) is 0 Å². The lowest BCUT2D eigenvalue weighted by atomic mass is 9.76. The number of benzene rings is 1. The van der Waals surface area contributed by atoms with E-state index in [2.05, 4.69) is 4.58 Å². The van der Waals surface area contributed by atoms with Crippen LogP contribution in [0.3, 0.4) is 0 Å². The molecule has 9 nitrogen and oxygen atoms in total. The third kappa shape index (κ3) is 6.58. The van der Waals surface area contributed by atoms with Gasteiger partial charge in [-0.3, -0.25) is 9.35 Å². The van der Waals surface area contributed by atoms with Gasteiger partial charge in [-0.05, 0) is 44.7 Å². The summed E-state index contributed by atoms with van der Waals surface area (Å²) < 4.78 is 67.5. The average molecular weight is 476 g/mol. The highest BCUT2D eigenvalue weighted by atomic mass is 32.2. The van der Waals surface area contributed by atoms with Crippen molar-refractivity contribution in [3.63, 3.8) is 0 Å². The van der Waals surface area contributed by atoms with Gasteiger partial charge in [-0.15, -0.1) is 0 Å². The lowest BCUT2D eigenvalue weighted by molar-refractivity contribution is -0.439. The molecule has 2 N–H and O–H groups in total. The quantitative estimate of drug-likeness (QED) is 0.266. The van der Waals surface area contributed by atoms with Crippen LogP contribution >= 0.6 is 0 Å². The van der Waals surface area contributed by atoms with Crippen molar-refractivity contribution in [3.05, 3.63) is 23.8 Å². The summed E-state index contributed by atoms with van der Waals surface area (Å²) in [5, 5.41) is 8.77. The van der Waals surface area contributed by atoms with Gasteiger partial charge in [-0.1, -0.05) is 6.42 Å². The highest BCUT2D eigenvalue weighted by Crippen LogP contribution is 2.44. The van der Waals surface area contributed by atoms with E-state index in [1.807, 2.05) is 13.8 Å². The molecule has 174 valence electrons. The minimum Gasteiger partial charge on any atom is -0.748 e. The van der Waals surface area contributed by atoms with Crippen molar-refractivity contribution in [2.45, 2.75) is 69.1 Å². The van der Waals surface area contributed by atoms with Crippen LogP contribution < -0.4 is 0 Å². The lowest BCUT2D eigenvalue weighted by Gasteiger charge is -2.22. The Balaban J connectivity index is 2.29. The Bertz CT molecular complexity index is 1080. The predicted molar refractivity (Wildman–Crippen MR) is 114 cm³/mol. The number of carboxylic acids is 1. The number of rotatable bonds is 12. The van der Waals surface area contributed by atoms with Gasteiger partial charge in [-0.25, -0.2) is 8.42 Å². The fourth-order valence-electron chi connectivity index (χ4n) is 4.11. The third-order valence-corrected chi connectivity index (χ3v) is 7.59. The summed E-state index contributed by atoms with van der Waals surface area (Å²) in [4.78, 5) is 10.5. The van der Waals surface area contributed by atoms with Gasteiger partial charge in [0.2, 0.25) is 5.69 Å². The maximum Gasteiger partial charge on any atom is 0.303 e. The van der Waals surface area contributed by atoms with E-state index < -0.39 is 37.4 Å². The van der Waals surface area contributed by atoms with Crippen LogP contribution in [0.2, 0.25) is 0 Å². The molecule has 1 atom stereocenters. The molecule has 0 radical (unpaired) electrons. The second-order valence-electron chi connectivity index (χ2n) is 8.15. The second kappa shape index (κ2) is 9.76. The number of carboxylic acid groups (broad SMARTS) is 1. The summed E-state index contributed by atoms with van der Waals surface area (Å²) in [5.41, 5.74) is 1.89. The van der Waals surface area contributed by atoms with Crippen molar-refractivity contribution in [1.82, 2.24) is 0 Å². The fourth-order valence-corrected chi connectivity index (χ4v) is 5.17. The molecule has 31 heavy (non-hydrogen) atoms. The molecule has 0 saturated carbocycles. The van der Waals surface area contributed by atoms with Crippen LogP contribution in [-0.4, -0.2) is 59.6 Å². The Morgan fingerprint density at radius 2 is 1.77 bits per heavy atom. The zero-order chi connectivity index (χ0) is 23.4. The van der Waals surface area contributed by atoms with Gasteiger partial charge in [-0.2, -0.15) is 13.0 Å². The highest BCUT2D eigenvalue weighted by Gasteiger charge is 2.46. The number of hydrogen-bond donors (Lipinski definition) is 2. The minimum absolute atomic E-state index is 0.108. The summed E-state index contributed by atoms with van der Waals surface area (Å²) in [6.07, 6.45) is 3.32. The van der Waals surface area contributed by atoms with Crippen LogP contribution in [0.1, 0.15) is 64.4 Å². The van der Waals surface area contributed by atoms with E-state index in [1.54, 1.807) is 6.07 Å². The van der Waals surface area contributed by atoms with Crippen LogP contribution in [0.15, 0.2) is 23.1 Å². The standard InChI is InChI=1S/C20H29NO8S2/c1-15-20(2,11-5-7-13-30(24,25)26)17-14-16(31(27,28)29)9-10-18(17)21(15)12-6-3-4-8-19(22)23/h9-10,14H,3-8,11-13H2,1-2H3,(H2-,22,23,24,25,26,27,28,29). The van der Waals surface area contributed by atoms with E-state index in [1.165, 1.54) is 12.1 Å². The molecular formula is C20H29NO8S2. The monoisotopic (exact) mass is 475 g/mol. The van der Waals surface area contributed by atoms with Gasteiger partial charge in [0.15, 0.2) is 5.71 Å². The van der Waals surface area contributed by atoms with Crippen LogP contribution in [0.5, 0.6) is 0 Å². The summed E-state index contributed by atoms with van der Waals surface area (Å²) >= 11 is 0. The molecule has 1 heterocycles. The van der Waals surface area contributed by atoms with E-state index in [9.17, 15) is 30.7 Å². The van der Waals surface area contributed by atoms with Gasteiger partial charge >= 0.3 is 5.97 Å². The Hall–Kier alpha value is -1.82. The van der Waals surface area contributed by atoms with E-state index in [0.717, 1.165) is 29.8 Å². The molecule has 1 aromatic rings. The number of carbonyl (C=O) groups is 1. The molecule has 11 heteroatoms. The largest absolute Gasteiger partial charge is 0.748 e. The second-order valence-corrected chi connectivity index (χ2v) is 11.1. The molecule has 2 rings (SSSR count). The van der Waals surface area contributed by atoms with Gasteiger partial charge in [0.05, 0.1) is 20.4 Å². The maximum atomic E-state index is 11.7. The third-order valence-electron chi connectivity index (χ3n) is 5.95. The molecule has 0 saturated heterocycles. The zero-order valence-electron chi connectivity index (χ0n) is 17.7. The van der Waals surface area contributed by atoms with E-state index in [0.29, 0.717) is 25.8 Å². The van der Waals surface area contributed by atoms with Gasteiger partial charge in [0.1, 0.15) is 6.54 Å². The Labute approximate surface area is 183 Å². The summed E-state index contributed by atoms with van der Waals surface area (Å²) in [6.45, 7) is 4.48. The number of hydrogen-bond acceptors (Lipinski definition) is 6. The van der Waals surface area contributed by atoms with E-state index in [-0.39, 0.29) is 17.7 Å². The highest BCUT2D eigenvalue weighted by molar-refractivity contribution is 7.86. The van der Waals surface area contributed by atoms with Gasteiger partial charge < -0.3 is 9.66 Å². The maximum absolute atomic E-state index is 11.7. The Kier molecular flexibility index (Phi) is 8.01. The van der Waals surface area contributed by atoms with Crippen molar-refractivity contribution in [2.75, 3.05) is 12.3 Å². The molecule has 0 spiro atoms. The molecule has 1 aliphatic heterocycles. The molecule has 0 amide bonds. The first kappa shape index (κ1) is 25.4. The molecule has 1 aliphatic rings. The van der Waals surface area contributed by atoms with Crippen LogP contribution in [-0.2, 0) is 30.4 Å². The predicted octanol–water partition coefficient (Wildman–Crippen LogP) is 2.67. The molecule has 0 bridgehead atoms. The van der Waals surface area contributed by atoms with Crippen molar-refractivity contribution in [3.8, 4) is 0 Å². The van der Waals surface area contributed by atoms with Crippen molar-refractivity contribution >= 4 is 37.6 Å².